The Morgan fingerprint density at radius 3 is 2.44 bits per heavy atom. The maximum Gasteiger partial charge on any atom is 0.0531 e. The van der Waals surface area contributed by atoms with Gasteiger partial charge in [0.15, 0.2) is 0 Å². The second-order valence-electron chi connectivity index (χ2n) is 8.41. The van der Waals surface area contributed by atoms with E-state index in [4.69, 9.17) is 0 Å². The lowest BCUT2D eigenvalue weighted by Gasteiger charge is -2.25. The predicted octanol–water partition coefficient (Wildman–Crippen LogP) is 5.80. The van der Waals surface area contributed by atoms with E-state index < -0.39 is 0 Å². The first-order valence-corrected chi connectivity index (χ1v) is 10.2. The first-order chi connectivity index (χ1) is 13.1. The molecule has 0 unspecified atom stereocenters. The van der Waals surface area contributed by atoms with Gasteiger partial charge in [0.25, 0.3) is 0 Å². The third-order valence-corrected chi connectivity index (χ3v) is 6.35. The first kappa shape index (κ1) is 16.8. The summed E-state index contributed by atoms with van der Waals surface area (Å²) in [5.41, 5.74) is 11.7. The maximum absolute atomic E-state index is 2.64. The number of hydrogen-bond donors (Lipinski definition) is 0. The van der Waals surface area contributed by atoms with Crippen LogP contribution < -0.4 is 0 Å². The number of aromatic nitrogens is 1. The van der Waals surface area contributed by atoms with E-state index in [9.17, 15) is 0 Å². The zero-order valence-corrected chi connectivity index (χ0v) is 16.7. The summed E-state index contributed by atoms with van der Waals surface area (Å²) in [5.74, 6) is 0. The molecule has 0 saturated carbocycles. The van der Waals surface area contributed by atoms with Crippen LogP contribution >= 0.6 is 0 Å². The molecule has 1 aromatic heterocycles. The molecule has 2 nitrogen and oxygen atoms in total. The highest BCUT2D eigenvalue weighted by Crippen LogP contribution is 2.42. The van der Waals surface area contributed by atoms with Gasteiger partial charge in [0, 0.05) is 36.3 Å². The molecule has 1 aliphatic carbocycles. The molecule has 0 radical (unpaired) electrons. The topological polar surface area (TPSA) is 8.17 Å². The molecule has 2 aliphatic rings. The highest BCUT2D eigenvalue weighted by molar-refractivity contribution is 5.95. The van der Waals surface area contributed by atoms with Crippen LogP contribution in [0.3, 0.4) is 0 Å². The summed E-state index contributed by atoms with van der Waals surface area (Å²) in [6, 6.07) is 16.1. The molecule has 0 saturated heterocycles. The second kappa shape index (κ2) is 6.38. The lowest BCUT2D eigenvalue weighted by Crippen LogP contribution is -2.27. The van der Waals surface area contributed by atoms with Crippen LogP contribution in [0, 0.1) is 13.8 Å². The molecule has 0 bridgehead atoms. The Morgan fingerprint density at radius 1 is 0.852 bits per heavy atom. The van der Waals surface area contributed by atoms with Crippen LogP contribution in [-0.2, 0) is 13.0 Å². The van der Waals surface area contributed by atoms with Gasteiger partial charge in [0.1, 0.15) is 0 Å². The van der Waals surface area contributed by atoms with Crippen molar-refractivity contribution in [2.24, 2.45) is 0 Å². The fourth-order valence-corrected chi connectivity index (χ4v) is 4.96. The van der Waals surface area contributed by atoms with Gasteiger partial charge in [-0.15, -0.1) is 0 Å². The van der Waals surface area contributed by atoms with Crippen molar-refractivity contribution in [3.63, 3.8) is 0 Å². The van der Waals surface area contributed by atoms with Crippen molar-refractivity contribution in [3.8, 4) is 0 Å². The number of rotatable bonds is 2. The third-order valence-electron chi connectivity index (χ3n) is 6.35. The van der Waals surface area contributed by atoms with Crippen LogP contribution in [0.2, 0.25) is 0 Å². The molecular weight excluding hydrogens is 328 g/mol. The molecule has 27 heavy (non-hydrogen) atoms. The number of likely N-dealkylation sites (N-methyl/N-ethyl adjacent to an activating group) is 1. The SMILES string of the molecule is Cc1ccc(C2=C(n3c4c(c5cc(C)ccc53)CN(C)CC4)CCC2)cc1. The zero-order chi connectivity index (χ0) is 18.5. The lowest BCUT2D eigenvalue weighted by molar-refractivity contribution is 0.311. The molecule has 1 aliphatic heterocycles. The molecule has 0 amide bonds. The summed E-state index contributed by atoms with van der Waals surface area (Å²) < 4.78 is 2.64. The number of fused-ring (bicyclic) bond motifs is 3. The van der Waals surface area contributed by atoms with Crippen molar-refractivity contribution in [2.75, 3.05) is 13.6 Å². The fraction of sp³-hybridized carbons (Fsp3) is 0.360. The minimum atomic E-state index is 1.06. The number of allylic oxidation sites excluding steroid dienone is 2. The molecule has 0 fully saturated rings. The maximum atomic E-state index is 2.64. The third kappa shape index (κ3) is 2.74. The van der Waals surface area contributed by atoms with E-state index >= 15 is 0 Å². The highest BCUT2D eigenvalue weighted by Gasteiger charge is 2.27. The molecule has 138 valence electrons. The zero-order valence-electron chi connectivity index (χ0n) is 16.7. The van der Waals surface area contributed by atoms with Crippen LogP contribution in [0.5, 0.6) is 0 Å². The van der Waals surface area contributed by atoms with Crippen molar-refractivity contribution in [2.45, 2.75) is 46.1 Å². The lowest BCUT2D eigenvalue weighted by atomic mass is 10.0. The molecule has 0 atom stereocenters. The summed E-state index contributed by atoms with van der Waals surface area (Å²) in [4.78, 5) is 2.46. The van der Waals surface area contributed by atoms with Crippen LogP contribution in [0.1, 0.15) is 47.2 Å². The van der Waals surface area contributed by atoms with Crippen LogP contribution in [0.4, 0.5) is 0 Å². The Balaban J connectivity index is 1.77. The van der Waals surface area contributed by atoms with E-state index in [1.54, 1.807) is 22.5 Å². The second-order valence-corrected chi connectivity index (χ2v) is 8.41. The Labute approximate surface area is 162 Å². The molecule has 2 heteroatoms. The Bertz CT molecular complexity index is 1050. The minimum absolute atomic E-state index is 1.06. The predicted molar refractivity (Wildman–Crippen MR) is 115 cm³/mol. The number of benzene rings is 2. The standard InChI is InChI=1S/C25H28N2/c1-17-7-10-19(11-8-17)20-5-4-6-23(20)27-24-12-9-18(2)15-21(24)22-16-26(3)14-13-25(22)27/h7-12,15H,4-6,13-14,16H2,1-3H3. The summed E-state index contributed by atoms with van der Waals surface area (Å²) in [6.45, 7) is 6.59. The van der Waals surface area contributed by atoms with E-state index in [0.29, 0.717) is 0 Å². The molecule has 3 aromatic rings. The Kier molecular flexibility index (Phi) is 3.98. The first-order valence-electron chi connectivity index (χ1n) is 10.2. The average molecular weight is 357 g/mol. The van der Waals surface area contributed by atoms with E-state index in [1.165, 1.54) is 46.9 Å². The smallest absolute Gasteiger partial charge is 0.0531 e. The van der Waals surface area contributed by atoms with Crippen molar-refractivity contribution in [3.05, 3.63) is 70.4 Å². The molecule has 2 heterocycles. The van der Waals surface area contributed by atoms with E-state index in [2.05, 4.69) is 72.8 Å². The van der Waals surface area contributed by atoms with Gasteiger partial charge in [0.05, 0.1) is 5.52 Å². The van der Waals surface area contributed by atoms with E-state index in [1.807, 2.05) is 0 Å². The molecular formula is C25H28N2. The monoisotopic (exact) mass is 356 g/mol. The normalized spacial score (nSPS) is 17.7. The molecule has 0 spiro atoms. The average Bonchev–Trinajstić information content (AvgIpc) is 3.24. The number of hydrogen-bond acceptors (Lipinski definition) is 1. The largest absolute Gasteiger partial charge is 0.317 e. The summed E-state index contributed by atoms with van der Waals surface area (Å²) >= 11 is 0. The summed E-state index contributed by atoms with van der Waals surface area (Å²) in [5, 5.41) is 1.46. The van der Waals surface area contributed by atoms with Crippen LogP contribution in [-0.4, -0.2) is 23.1 Å². The van der Waals surface area contributed by atoms with Gasteiger partial charge in [-0.1, -0.05) is 41.5 Å². The van der Waals surface area contributed by atoms with Gasteiger partial charge < -0.3 is 9.47 Å². The van der Waals surface area contributed by atoms with E-state index in [0.717, 1.165) is 19.5 Å². The van der Waals surface area contributed by atoms with Crippen molar-refractivity contribution in [1.82, 2.24) is 9.47 Å². The summed E-state index contributed by atoms with van der Waals surface area (Å²) in [7, 11) is 2.24. The molecule has 0 N–H and O–H groups in total. The Morgan fingerprint density at radius 2 is 1.63 bits per heavy atom. The van der Waals surface area contributed by atoms with Crippen molar-refractivity contribution in [1.29, 1.82) is 0 Å². The Hall–Kier alpha value is -2.32. The summed E-state index contributed by atoms with van der Waals surface area (Å²) in [6.07, 6.45) is 4.78. The number of aryl methyl sites for hydroxylation is 2. The van der Waals surface area contributed by atoms with Gasteiger partial charge in [-0.2, -0.15) is 0 Å². The quantitative estimate of drug-likeness (QED) is 0.563. The van der Waals surface area contributed by atoms with Crippen LogP contribution in [0.15, 0.2) is 42.5 Å². The van der Waals surface area contributed by atoms with Crippen molar-refractivity contribution < 1.29 is 0 Å². The van der Waals surface area contributed by atoms with Gasteiger partial charge in [-0.25, -0.2) is 0 Å². The minimum Gasteiger partial charge on any atom is -0.317 e. The molecule has 5 rings (SSSR count). The molecule has 2 aromatic carbocycles. The van der Waals surface area contributed by atoms with Gasteiger partial charge in [0.2, 0.25) is 0 Å². The van der Waals surface area contributed by atoms with E-state index in [-0.39, 0.29) is 0 Å². The van der Waals surface area contributed by atoms with Gasteiger partial charge >= 0.3 is 0 Å². The van der Waals surface area contributed by atoms with Crippen LogP contribution in [0.25, 0.3) is 22.2 Å². The van der Waals surface area contributed by atoms with Gasteiger partial charge in [-0.05, 0) is 69.0 Å². The number of nitrogens with zero attached hydrogens (tertiary/aromatic N) is 2. The highest BCUT2D eigenvalue weighted by atomic mass is 15.1. The fourth-order valence-electron chi connectivity index (χ4n) is 4.96. The van der Waals surface area contributed by atoms with Crippen molar-refractivity contribution >= 4 is 22.2 Å². The van der Waals surface area contributed by atoms with Gasteiger partial charge in [-0.3, -0.25) is 0 Å².